The van der Waals surface area contributed by atoms with E-state index in [4.69, 9.17) is 11.6 Å². The van der Waals surface area contributed by atoms with Crippen molar-refractivity contribution in [2.45, 2.75) is 19.1 Å². The minimum Gasteiger partial charge on any atom is -0.330 e. The number of halogens is 5. The second-order valence-electron chi connectivity index (χ2n) is 6.24. The standard InChI is InChI=1S/C19H13ClF4N4/c20-14-9-12(1-3-15(14)21)17-18(28(11-26-17)7-5-19(22,23)24)13-2-4-16-25-6-8-27(16)10-13/h1-4,6,8-11H,5,7H2. The summed E-state index contributed by atoms with van der Waals surface area (Å²) in [7, 11) is 0. The number of imidazole rings is 2. The van der Waals surface area contributed by atoms with Crippen molar-refractivity contribution >= 4 is 17.2 Å². The molecule has 0 radical (unpaired) electrons. The van der Waals surface area contributed by atoms with Crippen LogP contribution in [0.1, 0.15) is 6.42 Å². The number of aryl methyl sites for hydroxylation is 1. The summed E-state index contributed by atoms with van der Waals surface area (Å²) in [4.78, 5) is 8.46. The molecule has 3 aromatic heterocycles. The lowest BCUT2D eigenvalue weighted by Crippen LogP contribution is -2.12. The zero-order valence-corrected chi connectivity index (χ0v) is 15.0. The molecule has 0 aliphatic heterocycles. The third kappa shape index (κ3) is 3.60. The van der Waals surface area contributed by atoms with E-state index >= 15 is 0 Å². The highest BCUT2D eigenvalue weighted by Crippen LogP contribution is 2.34. The maximum absolute atomic E-state index is 13.5. The molecular formula is C19H13ClF4N4. The molecule has 0 aliphatic rings. The fourth-order valence-electron chi connectivity index (χ4n) is 3.02. The lowest BCUT2D eigenvalue weighted by atomic mass is 10.1. The third-order valence-corrected chi connectivity index (χ3v) is 4.62. The molecular weight excluding hydrogens is 396 g/mol. The van der Waals surface area contributed by atoms with Crippen molar-refractivity contribution in [2.24, 2.45) is 0 Å². The molecule has 1 aromatic carbocycles. The van der Waals surface area contributed by atoms with Gasteiger partial charge < -0.3 is 8.97 Å². The Labute approximate surface area is 162 Å². The van der Waals surface area contributed by atoms with E-state index in [0.29, 0.717) is 28.2 Å². The number of alkyl halides is 3. The van der Waals surface area contributed by atoms with Crippen molar-refractivity contribution in [2.75, 3.05) is 0 Å². The molecule has 144 valence electrons. The van der Waals surface area contributed by atoms with Crippen LogP contribution in [0.4, 0.5) is 17.6 Å². The largest absolute Gasteiger partial charge is 0.390 e. The molecule has 0 N–H and O–H groups in total. The lowest BCUT2D eigenvalue weighted by Gasteiger charge is -2.13. The first-order valence-electron chi connectivity index (χ1n) is 8.32. The van der Waals surface area contributed by atoms with Gasteiger partial charge in [0, 0.05) is 36.3 Å². The molecule has 0 bridgehead atoms. The van der Waals surface area contributed by atoms with Gasteiger partial charge >= 0.3 is 6.18 Å². The van der Waals surface area contributed by atoms with Gasteiger partial charge in [0.15, 0.2) is 0 Å². The average molecular weight is 409 g/mol. The lowest BCUT2D eigenvalue weighted by molar-refractivity contribution is -0.136. The topological polar surface area (TPSA) is 35.1 Å². The van der Waals surface area contributed by atoms with Gasteiger partial charge in [0.05, 0.1) is 29.2 Å². The number of fused-ring (bicyclic) bond motifs is 1. The van der Waals surface area contributed by atoms with Crippen molar-refractivity contribution in [1.29, 1.82) is 0 Å². The van der Waals surface area contributed by atoms with Crippen LogP contribution in [0.25, 0.3) is 28.2 Å². The van der Waals surface area contributed by atoms with Crippen LogP contribution in [0.3, 0.4) is 0 Å². The van der Waals surface area contributed by atoms with Crippen LogP contribution >= 0.6 is 11.6 Å². The third-order valence-electron chi connectivity index (χ3n) is 4.33. The van der Waals surface area contributed by atoms with Crippen molar-refractivity contribution < 1.29 is 17.6 Å². The molecule has 4 nitrogen and oxygen atoms in total. The van der Waals surface area contributed by atoms with Crippen molar-refractivity contribution in [3.63, 3.8) is 0 Å². The fourth-order valence-corrected chi connectivity index (χ4v) is 3.20. The van der Waals surface area contributed by atoms with E-state index in [-0.39, 0.29) is 11.6 Å². The van der Waals surface area contributed by atoms with Gasteiger partial charge in [0.2, 0.25) is 0 Å². The first-order valence-corrected chi connectivity index (χ1v) is 8.70. The normalized spacial score (nSPS) is 12.0. The number of benzene rings is 1. The molecule has 0 aliphatic carbocycles. The first-order chi connectivity index (χ1) is 13.3. The van der Waals surface area contributed by atoms with E-state index in [1.807, 2.05) is 0 Å². The van der Waals surface area contributed by atoms with Crippen LogP contribution in [0.15, 0.2) is 55.2 Å². The monoisotopic (exact) mass is 408 g/mol. The summed E-state index contributed by atoms with van der Waals surface area (Å²) in [5.74, 6) is -0.580. The van der Waals surface area contributed by atoms with E-state index in [9.17, 15) is 17.6 Å². The summed E-state index contributed by atoms with van der Waals surface area (Å²) in [6.07, 6.45) is 1.19. The average Bonchev–Trinajstić information content (AvgIpc) is 3.27. The molecule has 0 saturated heterocycles. The van der Waals surface area contributed by atoms with E-state index in [2.05, 4.69) is 9.97 Å². The minimum absolute atomic E-state index is 0.0849. The highest BCUT2D eigenvalue weighted by Gasteiger charge is 2.28. The van der Waals surface area contributed by atoms with Crippen LogP contribution in [0, 0.1) is 5.82 Å². The van der Waals surface area contributed by atoms with Crippen molar-refractivity contribution in [3.8, 4) is 22.5 Å². The molecule has 4 aromatic rings. The number of hydrogen-bond donors (Lipinski definition) is 0. The van der Waals surface area contributed by atoms with Crippen LogP contribution in [-0.4, -0.2) is 25.1 Å². The Kier molecular flexibility index (Phi) is 4.58. The zero-order valence-electron chi connectivity index (χ0n) is 14.3. The van der Waals surface area contributed by atoms with E-state index in [1.54, 1.807) is 35.1 Å². The molecule has 28 heavy (non-hydrogen) atoms. The molecule has 0 atom stereocenters. The van der Waals surface area contributed by atoms with E-state index < -0.39 is 18.4 Å². The molecule has 4 rings (SSSR count). The first kappa shape index (κ1) is 18.5. The van der Waals surface area contributed by atoms with Gasteiger partial charge in [0.1, 0.15) is 11.5 Å². The molecule has 9 heteroatoms. The van der Waals surface area contributed by atoms with Gasteiger partial charge in [-0.1, -0.05) is 11.6 Å². The summed E-state index contributed by atoms with van der Waals surface area (Å²) < 4.78 is 55.0. The summed E-state index contributed by atoms with van der Waals surface area (Å²) in [5, 5.41) is -0.0849. The Hall–Kier alpha value is -2.87. The Morgan fingerprint density at radius 1 is 1.04 bits per heavy atom. The van der Waals surface area contributed by atoms with E-state index in [1.165, 1.54) is 29.1 Å². The number of pyridine rings is 1. The van der Waals surface area contributed by atoms with E-state index in [0.717, 1.165) is 0 Å². The molecule has 0 amide bonds. The SMILES string of the molecule is Fc1ccc(-c2ncn(CCC(F)(F)F)c2-c2ccc3nccn3c2)cc1Cl. The second kappa shape index (κ2) is 6.94. The van der Waals surface area contributed by atoms with Gasteiger partial charge in [-0.15, -0.1) is 0 Å². The van der Waals surface area contributed by atoms with Crippen LogP contribution in [-0.2, 0) is 6.54 Å². The number of hydrogen-bond acceptors (Lipinski definition) is 2. The number of aromatic nitrogens is 4. The van der Waals surface area contributed by atoms with Crippen LogP contribution in [0.2, 0.25) is 5.02 Å². The summed E-state index contributed by atoms with van der Waals surface area (Å²) >= 11 is 5.88. The Morgan fingerprint density at radius 2 is 1.82 bits per heavy atom. The molecule has 3 heterocycles. The van der Waals surface area contributed by atoms with Crippen molar-refractivity contribution in [3.05, 3.63) is 66.1 Å². The Morgan fingerprint density at radius 3 is 2.57 bits per heavy atom. The smallest absolute Gasteiger partial charge is 0.330 e. The van der Waals surface area contributed by atoms with Gasteiger partial charge in [-0.05, 0) is 30.3 Å². The fraction of sp³-hybridized carbons (Fsp3) is 0.158. The predicted molar refractivity (Wildman–Crippen MR) is 97.5 cm³/mol. The minimum atomic E-state index is -4.30. The van der Waals surface area contributed by atoms with Gasteiger partial charge in [-0.25, -0.2) is 14.4 Å². The molecule has 0 unspecified atom stereocenters. The van der Waals surface area contributed by atoms with Gasteiger partial charge in [0.25, 0.3) is 0 Å². The highest BCUT2D eigenvalue weighted by atomic mass is 35.5. The van der Waals surface area contributed by atoms with Crippen LogP contribution < -0.4 is 0 Å². The molecule has 0 spiro atoms. The maximum Gasteiger partial charge on any atom is 0.390 e. The number of rotatable bonds is 4. The van der Waals surface area contributed by atoms with Gasteiger partial charge in [-0.2, -0.15) is 13.2 Å². The Bertz CT molecular complexity index is 1150. The van der Waals surface area contributed by atoms with Gasteiger partial charge in [-0.3, -0.25) is 0 Å². The van der Waals surface area contributed by atoms with Crippen molar-refractivity contribution in [1.82, 2.24) is 18.9 Å². The Balaban J connectivity index is 1.86. The molecule has 0 fully saturated rings. The zero-order chi connectivity index (χ0) is 19.9. The summed E-state index contributed by atoms with van der Waals surface area (Å²) in [6.45, 7) is -0.289. The second-order valence-corrected chi connectivity index (χ2v) is 6.65. The maximum atomic E-state index is 13.5. The quantitative estimate of drug-likeness (QED) is 0.411. The molecule has 0 saturated carbocycles. The summed E-state index contributed by atoms with van der Waals surface area (Å²) in [5.41, 5.74) is 2.78. The highest BCUT2D eigenvalue weighted by molar-refractivity contribution is 6.31. The number of nitrogens with zero attached hydrogens (tertiary/aromatic N) is 4. The van der Waals surface area contributed by atoms with Crippen LogP contribution in [0.5, 0.6) is 0 Å². The summed E-state index contributed by atoms with van der Waals surface area (Å²) in [6, 6.07) is 7.63. The predicted octanol–water partition coefficient (Wildman–Crippen LogP) is 5.61.